The number of hydrogen-bond acceptors (Lipinski definition) is 5. The van der Waals surface area contributed by atoms with Crippen molar-refractivity contribution in [1.82, 2.24) is 19.3 Å². The number of nitrogens with zero attached hydrogens (tertiary/aromatic N) is 4. The van der Waals surface area contributed by atoms with Gasteiger partial charge in [-0.25, -0.2) is 14.6 Å². The summed E-state index contributed by atoms with van der Waals surface area (Å²) in [4.78, 5) is 6.55. The zero-order valence-corrected chi connectivity index (χ0v) is 12.5. The first-order chi connectivity index (χ1) is 9.94. The van der Waals surface area contributed by atoms with E-state index in [1.54, 1.807) is 0 Å². The summed E-state index contributed by atoms with van der Waals surface area (Å²) in [6.45, 7) is 3.48. The second-order valence-electron chi connectivity index (χ2n) is 5.30. The maximum Gasteiger partial charge on any atom is 0.274 e. The van der Waals surface area contributed by atoms with E-state index in [2.05, 4.69) is 19.7 Å². The van der Waals surface area contributed by atoms with Gasteiger partial charge in [-0.2, -0.15) is 18.2 Å². The van der Waals surface area contributed by atoms with Crippen molar-refractivity contribution >= 4 is 21.5 Å². The molecular formula is C12H18N6O2S. The Bertz CT molecular complexity index is 748. The standard InChI is InChI=1S/C12H18N6O2S/c1-9-2-7-18-11(9)12(14-8-15-18)17-5-3-10(4-6-17)16-21(13,19)20/h2,7-8,10,16H,3-6H2,1H3,(H2,13,19,20). The minimum absolute atomic E-state index is 0.109. The molecule has 0 saturated carbocycles. The molecule has 1 fully saturated rings. The molecule has 3 rings (SSSR count). The van der Waals surface area contributed by atoms with Crippen LogP contribution in [0.1, 0.15) is 18.4 Å². The summed E-state index contributed by atoms with van der Waals surface area (Å²) in [5.74, 6) is 0.890. The number of nitrogens with two attached hydrogens (primary N) is 1. The number of hydrogen-bond donors (Lipinski definition) is 2. The number of anilines is 1. The van der Waals surface area contributed by atoms with E-state index in [1.165, 1.54) is 6.33 Å². The smallest absolute Gasteiger partial charge is 0.274 e. The van der Waals surface area contributed by atoms with Crippen molar-refractivity contribution < 1.29 is 8.42 Å². The van der Waals surface area contributed by atoms with Gasteiger partial charge in [-0.05, 0) is 31.4 Å². The molecule has 1 aliphatic heterocycles. The Labute approximate surface area is 123 Å². The predicted molar refractivity (Wildman–Crippen MR) is 79.2 cm³/mol. The van der Waals surface area contributed by atoms with Crippen LogP contribution in [0, 0.1) is 6.92 Å². The fourth-order valence-corrected chi connectivity index (χ4v) is 3.46. The lowest BCUT2D eigenvalue weighted by molar-refractivity contribution is 0.459. The predicted octanol–water partition coefficient (Wildman–Crippen LogP) is -0.200. The molecule has 9 heteroatoms. The number of aryl methyl sites for hydroxylation is 1. The zero-order chi connectivity index (χ0) is 15.0. The van der Waals surface area contributed by atoms with E-state index >= 15 is 0 Å². The van der Waals surface area contributed by atoms with Crippen molar-refractivity contribution in [2.45, 2.75) is 25.8 Å². The van der Waals surface area contributed by atoms with Crippen LogP contribution in [0.5, 0.6) is 0 Å². The molecule has 114 valence electrons. The van der Waals surface area contributed by atoms with E-state index in [-0.39, 0.29) is 6.04 Å². The van der Waals surface area contributed by atoms with Crippen molar-refractivity contribution in [3.05, 3.63) is 24.2 Å². The van der Waals surface area contributed by atoms with Gasteiger partial charge in [-0.15, -0.1) is 0 Å². The second kappa shape index (κ2) is 5.24. The molecule has 1 aliphatic rings. The molecule has 0 aliphatic carbocycles. The molecule has 0 bridgehead atoms. The van der Waals surface area contributed by atoms with Gasteiger partial charge in [0, 0.05) is 25.3 Å². The molecule has 2 aromatic rings. The van der Waals surface area contributed by atoms with Gasteiger partial charge in [-0.1, -0.05) is 0 Å². The lowest BCUT2D eigenvalue weighted by atomic mass is 10.1. The van der Waals surface area contributed by atoms with Crippen molar-refractivity contribution in [2.75, 3.05) is 18.0 Å². The lowest BCUT2D eigenvalue weighted by Crippen LogP contribution is -2.46. The van der Waals surface area contributed by atoms with Crippen LogP contribution in [0.2, 0.25) is 0 Å². The first-order valence-corrected chi connectivity index (χ1v) is 8.32. The van der Waals surface area contributed by atoms with E-state index < -0.39 is 10.2 Å². The highest BCUT2D eigenvalue weighted by Crippen LogP contribution is 2.25. The van der Waals surface area contributed by atoms with Crippen LogP contribution < -0.4 is 14.8 Å². The summed E-state index contributed by atoms with van der Waals surface area (Å²) in [6.07, 6.45) is 4.85. The molecule has 1 saturated heterocycles. The van der Waals surface area contributed by atoms with Crippen LogP contribution in [0.15, 0.2) is 18.6 Å². The number of piperidine rings is 1. The number of fused-ring (bicyclic) bond motifs is 1. The van der Waals surface area contributed by atoms with E-state index in [1.807, 2.05) is 23.7 Å². The fourth-order valence-electron chi connectivity index (χ4n) is 2.76. The molecule has 3 heterocycles. The lowest BCUT2D eigenvalue weighted by Gasteiger charge is -2.32. The zero-order valence-electron chi connectivity index (χ0n) is 11.7. The van der Waals surface area contributed by atoms with Crippen LogP contribution in [0.4, 0.5) is 5.82 Å². The van der Waals surface area contributed by atoms with E-state index in [9.17, 15) is 8.42 Å². The van der Waals surface area contributed by atoms with Crippen molar-refractivity contribution in [3.8, 4) is 0 Å². The summed E-state index contributed by atoms with van der Waals surface area (Å²) in [5, 5.41) is 9.21. The van der Waals surface area contributed by atoms with Gasteiger partial charge in [0.1, 0.15) is 11.8 Å². The van der Waals surface area contributed by atoms with Gasteiger partial charge in [-0.3, -0.25) is 0 Å². The van der Waals surface area contributed by atoms with E-state index in [0.717, 1.165) is 30.0 Å². The Hall–Kier alpha value is -1.71. The summed E-state index contributed by atoms with van der Waals surface area (Å²) in [7, 11) is -3.64. The number of nitrogens with one attached hydrogen (secondary N) is 1. The minimum atomic E-state index is -3.64. The molecule has 0 unspecified atom stereocenters. The Morgan fingerprint density at radius 2 is 2.10 bits per heavy atom. The van der Waals surface area contributed by atoms with Crippen LogP contribution in [-0.4, -0.2) is 42.1 Å². The summed E-state index contributed by atoms with van der Waals surface area (Å²) >= 11 is 0. The summed E-state index contributed by atoms with van der Waals surface area (Å²) in [5.41, 5.74) is 2.12. The second-order valence-corrected chi connectivity index (χ2v) is 6.63. The molecular weight excluding hydrogens is 292 g/mol. The Balaban J connectivity index is 1.78. The molecule has 0 amide bonds. The topological polar surface area (TPSA) is 106 Å². The van der Waals surface area contributed by atoms with E-state index in [4.69, 9.17) is 5.14 Å². The third-order valence-corrected chi connectivity index (χ3v) is 4.42. The van der Waals surface area contributed by atoms with E-state index in [0.29, 0.717) is 12.8 Å². The molecule has 0 spiro atoms. The van der Waals surface area contributed by atoms with Crippen LogP contribution >= 0.6 is 0 Å². The van der Waals surface area contributed by atoms with Crippen LogP contribution in [0.3, 0.4) is 0 Å². The molecule has 0 radical (unpaired) electrons. The van der Waals surface area contributed by atoms with Gasteiger partial charge < -0.3 is 4.90 Å². The first kappa shape index (κ1) is 14.2. The molecule has 3 N–H and O–H groups in total. The fraction of sp³-hybridized carbons (Fsp3) is 0.500. The molecule has 8 nitrogen and oxygen atoms in total. The number of rotatable bonds is 3. The monoisotopic (exact) mass is 310 g/mol. The highest BCUT2D eigenvalue weighted by molar-refractivity contribution is 7.87. The average Bonchev–Trinajstić information content (AvgIpc) is 2.80. The average molecular weight is 310 g/mol. The van der Waals surface area contributed by atoms with Crippen LogP contribution in [0.25, 0.3) is 5.52 Å². The van der Waals surface area contributed by atoms with Gasteiger partial charge in [0.15, 0.2) is 5.82 Å². The van der Waals surface area contributed by atoms with Gasteiger partial charge in [0.05, 0.1) is 0 Å². The largest absolute Gasteiger partial charge is 0.355 e. The van der Waals surface area contributed by atoms with Crippen molar-refractivity contribution in [1.29, 1.82) is 0 Å². The number of aromatic nitrogens is 3. The quantitative estimate of drug-likeness (QED) is 0.816. The van der Waals surface area contributed by atoms with Gasteiger partial charge in [0.2, 0.25) is 0 Å². The highest BCUT2D eigenvalue weighted by atomic mass is 32.2. The normalized spacial score (nSPS) is 17.5. The third-order valence-electron chi connectivity index (χ3n) is 3.76. The van der Waals surface area contributed by atoms with Crippen molar-refractivity contribution in [3.63, 3.8) is 0 Å². The Morgan fingerprint density at radius 1 is 1.38 bits per heavy atom. The Kier molecular flexibility index (Phi) is 3.56. The third kappa shape index (κ3) is 2.99. The first-order valence-electron chi connectivity index (χ1n) is 6.78. The van der Waals surface area contributed by atoms with Gasteiger partial charge in [0.25, 0.3) is 10.2 Å². The minimum Gasteiger partial charge on any atom is -0.355 e. The molecule has 21 heavy (non-hydrogen) atoms. The Morgan fingerprint density at radius 3 is 2.76 bits per heavy atom. The van der Waals surface area contributed by atoms with Crippen molar-refractivity contribution in [2.24, 2.45) is 5.14 Å². The SMILES string of the molecule is Cc1ccn2ncnc(N3CCC(NS(N)(=O)=O)CC3)c12. The van der Waals surface area contributed by atoms with Gasteiger partial charge >= 0.3 is 0 Å². The summed E-state index contributed by atoms with van der Waals surface area (Å²) in [6, 6.07) is 1.89. The summed E-state index contributed by atoms with van der Waals surface area (Å²) < 4.78 is 26.4. The molecule has 2 aromatic heterocycles. The van der Waals surface area contributed by atoms with Crippen LogP contribution in [-0.2, 0) is 10.2 Å². The maximum absolute atomic E-state index is 11.1. The molecule has 0 aromatic carbocycles. The maximum atomic E-state index is 11.1. The highest BCUT2D eigenvalue weighted by Gasteiger charge is 2.24. The molecule has 0 atom stereocenters.